The average molecular weight is 382 g/mol. The first kappa shape index (κ1) is 18.1. The molecule has 0 aliphatic carbocycles. The molecule has 0 heterocycles. The lowest BCUT2D eigenvalue weighted by Crippen LogP contribution is -2.29. The van der Waals surface area contributed by atoms with Gasteiger partial charge in [-0.25, -0.2) is 8.42 Å². The average Bonchev–Trinajstić information content (AvgIpc) is 2.45. The van der Waals surface area contributed by atoms with Crippen LogP contribution >= 0.6 is 15.9 Å². The Morgan fingerprint density at radius 3 is 2.29 bits per heavy atom. The second-order valence-electron chi connectivity index (χ2n) is 4.28. The minimum absolute atomic E-state index is 0.116. The topological polar surface area (TPSA) is 124 Å². The van der Waals surface area contributed by atoms with Crippen LogP contribution in [0.3, 0.4) is 0 Å². The van der Waals surface area contributed by atoms with Gasteiger partial charge in [-0.3, -0.25) is 4.79 Å². The van der Waals surface area contributed by atoms with Gasteiger partial charge < -0.3 is 15.3 Å². The summed E-state index contributed by atoms with van der Waals surface area (Å²) in [4.78, 5) is 10.2. The van der Waals surface area contributed by atoms with Gasteiger partial charge in [-0.1, -0.05) is 28.1 Å². The summed E-state index contributed by atoms with van der Waals surface area (Å²) in [6, 6.07) is 5.22. The first-order chi connectivity index (χ1) is 9.77. The molecule has 118 valence electrons. The number of hydrogen-bond acceptors (Lipinski definition) is 5. The van der Waals surface area contributed by atoms with Crippen LogP contribution in [-0.2, 0) is 14.8 Å². The van der Waals surface area contributed by atoms with Gasteiger partial charge in [-0.05, 0) is 24.1 Å². The number of hydrogen-bond donors (Lipinski definition) is 4. The molecule has 0 amide bonds. The Morgan fingerprint density at radius 1 is 1.24 bits per heavy atom. The van der Waals surface area contributed by atoms with E-state index in [1.165, 1.54) is 24.3 Å². The first-order valence-corrected chi connectivity index (χ1v) is 8.62. The predicted molar refractivity (Wildman–Crippen MR) is 78.6 cm³/mol. The molecule has 0 saturated heterocycles. The Balaban J connectivity index is 2.84. The number of rotatable bonds is 8. The van der Waals surface area contributed by atoms with Crippen LogP contribution in [-0.4, -0.2) is 47.7 Å². The van der Waals surface area contributed by atoms with Crippen LogP contribution in [0.25, 0.3) is 0 Å². The number of carbonyl (C=O) groups is 1. The van der Waals surface area contributed by atoms with E-state index in [-0.39, 0.29) is 4.90 Å². The number of aliphatic hydroxyl groups is 2. The lowest BCUT2D eigenvalue weighted by atomic mass is 10.0. The van der Waals surface area contributed by atoms with Gasteiger partial charge in [0.1, 0.15) is 12.6 Å². The van der Waals surface area contributed by atoms with E-state index in [0.717, 1.165) is 0 Å². The third-order valence-electron chi connectivity index (χ3n) is 2.71. The number of halogens is 1. The standard InChI is InChI=1S/C12H16BrNO6S/c13-6-5-10(15)12(18)8-1-3-9(4-2-8)21(19,20)14-7-11(16)17/h1-4,10,12,14-15,18H,5-7H2,(H,16,17). The maximum absolute atomic E-state index is 11.8. The highest BCUT2D eigenvalue weighted by Gasteiger charge is 2.19. The second kappa shape index (κ2) is 7.85. The van der Waals surface area contributed by atoms with Crippen molar-refractivity contribution in [1.82, 2.24) is 4.72 Å². The highest BCUT2D eigenvalue weighted by Crippen LogP contribution is 2.21. The highest BCUT2D eigenvalue weighted by atomic mass is 79.9. The van der Waals surface area contributed by atoms with Gasteiger partial charge in [0.05, 0.1) is 11.0 Å². The van der Waals surface area contributed by atoms with Gasteiger partial charge in [0.25, 0.3) is 0 Å². The fourth-order valence-corrected chi connectivity index (χ4v) is 3.02. The maximum atomic E-state index is 11.8. The highest BCUT2D eigenvalue weighted by molar-refractivity contribution is 9.09. The number of carboxylic acid groups (broad SMARTS) is 1. The van der Waals surface area contributed by atoms with Crippen molar-refractivity contribution < 1.29 is 28.5 Å². The molecule has 9 heteroatoms. The molecule has 0 radical (unpaired) electrons. The molecule has 1 aromatic carbocycles. The summed E-state index contributed by atoms with van der Waals surface area (Å²) in [5.74, 6) is -1.29. The van der Waals surface area contributed by atoms with E-state index in [0.29, 0.717) is 17.3 Å². The van der Waals surface area contributed by atoms with Crippen LogP contribution < -0.4 is 4.72 Å². The molecule has 1 rings (SSSR count). The smallest absolute Gasteiger partial charge is 0.318 e. The van der Waals surface area contributed by atoms with Crippen molar-refractivity contribution in [3.05, 3.63) is 29.8 Å². The minimum Gasteiger partial charge on any atom is -0.480 e. The lowest BCUT2D eigenvalue weighted by Gasteiger charge is -2.17. The molecule has 0 bridgehead atoms. The van der Waals surface area contributed by atoms with Crippen LogP contribution in [0.2, 0.25) is 0 Å². The van der Waals surface area contributed by atoms with Crippen molar-refractivity contribution in [2.24, 2.45) is 0 Å². The third-order valence-corrected chi connectivity index (χ3v) is 4.59. The summed E-state index contributed by atoms with van der Waals surface area (Å²) in [6.07, 6.45) is -1.73. The van der Waals surface area contributed by atoms with E-state index in [1.807, 2.05) is 4.72 Å². The van der Waals surface area contributed by atoms with Crippen LogP contribution in [0.5, 0.6) is 0 Å². The van der Waals surface area contributed by atoms with Crippen molar-refractivity contribution in [1.29, 1.82) is 0 Å². The van der Waals surface area contributed by atoms with Crippen LogP contribution in [0.4, 0.5) is 0 Å². The summed E-state index contributed by atoms with van der Waals surface area (Å²) in [7, 11) is -3.91. The fourth-order valence-electron chi connectivity index (χ4n) is 1.58. The number of alkyl halides is 1. The molecule has 21 heavy (non-hydrogen) atoms. The summed E-state index contributed by atoms with van der Waals surface area (Å²) >= 11 is 3.15. The van der Waals surface area contributed by atoms with Crippen molar-refractivity contribution in [2.75, 3.05) is 11.9 Å². The molecule has 1 aromatic rings. The van der Waals surface area contributed by atoms with Gasteiger partial charge in [0.2, 0.25) is 10.0 Å². The Hall–Kier alpha value is -1.00. The molecule has 4 N–H and O–H groups in total. The Kier molecular flexibility index (Phi) is 6.75. The molecule has 0 aromatic heterocycles. The second-order valence-corrected chi connectivity index (χ2v) is 6.84. The molecule has 0 fully saturated rings. The van der Waals surface area contributed by atoms with E-state index in [1.54, 1.807) is 0 Å². The summed E-state index contributed by atoms with van der Waals surface area (Å²) in [5, 5.41) is 28.5. The van der Waals surface area contributed by atoms with Crippen LogP contribution in [0.1, 0.15) is 18.1 Å². The largest absolute Gasteiger partial charge is 0.480 e. The quantitative estimate of drug-likeness (QED) is 0.477. The number of nitrogens with one attached hydrogen (secondary N) is 1. The minimum atomic E-state index is -3.91. The number of benzene rings is 1. The van der Waals surface area contributed by atoms with Gasteiger partial charge in [0, 0.05) is 5.33 Å². The number of sulfonamides is 1. The Bertz CT molecular complexity index is 574. The number of carboxylic acids is 1. The van der Waals surface area contributed by atoms with Gasteiger partial charge in [-0.2, -0.15) is 4.72 Å². The zero-order chi connectivity index (χ0) is 16.0. The van der Waals surface area contributed by atoms with Crippen molar-refractivity contribution in [2.45, 2.75) is 23.5 Å². The molecular formula is C12H16BrNO6S. The van der Waals surface area contributed by atoms with Gasteiger partial charge in [0.15, 0.2) is 0 Å². The zero-order valence-electron chi connectivity index (χ0n) is 10.9. The van der Waals surface area contributed by atoms with Crippen molar-refractivity contribution in [3.8, 4) is 0 Å². The van der Waals surface area contributed by atoms with Crippen LogP contribution in [0.15, 0.2) is 29.2 Å². The van der Waals surface area contributed by atoms with E-state index in [9.17, 15) is 23.4 Å². The van der Waals surface area contributed by atoms with E-state index >= 15 is 0 Å². The molecular weight excluding hydrogens is 366 g/mol. The molecule has 7 nitrogen and oxygen atoms in total. The van der Waals surface area contributed by atoms with E-state index in [4.69, 9.17) is 5.11 Å². The molecule has 0 aliphatic rings. The monoisotopic (exact) mass is 381 g/mol. The number of aliphatic hydroxyl groups excluding tert-OH is 2. The van der Waals surface area contributed by atoms with Crippen molar-refractivity contribution >= 4 is 31.9 Å². The Labute approximate surface area is 130 Å². The molecule has 0 aliphatic heterocycles. The van der Waals surface area contributed by atoms with E-state index < -0.39 is 34.7 Å². The fraction of sp³-hybridized carbons (Fsp3) is 0.417. The summed E-state index contributed by atoms with van der Waals surface area (Å²) in [5.41, 5.74) is 0.376. The lowest BCUT2D eigenvalue weighted by molar-refractivity contribution is -0.135. The van der Waals surface area contributed by atoms with Crippen LogP contribution in [0, 0.1) is 0 Å². The first-order valence-electron chi connectivity index (χ1n) is 6.01. The number of aliphatic carboxylic acids is 1. The van der Waals surface area contributed by atoms with Crippen molar-refractivity contribution in [3.63, 3.8) is 0 Å². The SMILES string of the molecule is O=C(O)CNS(=O)(=O)c1ccc(C(O)C(O)CCBr)cc1. The third kappa shape index (κ3) is 5.36. The maximum Gasteiger partial charge on any atom is 0.318 e. The molecule has 0 spiro atoms. The molecule has 2 unspecified atom stereocenters. The van der Waals surface area contributed by atoms with Gasteiger partial charge in [-0.15, -0.1) is 0 Å². The Morgan fingerprint density at radius 2 is 1.81 bits per heavy atom. The van der Waals surface area contributed by atoms with E-state index in [2.05, 4.69) is 15.9 Å². The summed E-state index contributed by atoms with van der Waals surface area (Å²) in [6.45, 7) is -0.712. The molecule has 2 atom stereocenters. The zero-order valence-corrected chi connectivity index (χ0v) is 13.3. The predicted octanol–water partition coefficient (Wildman–Crippen LogP) is 0.229. The normalized spacial score (nSPS) is 14.6. The van der Waals surface area contributed by atoms with Gasteiger partial charge >= 0.3 is 5.97 Å². The summed E-state index contributed by atoms with van der Waals surface area (Å²) < 4.78 is 25.4. The molecule has 0 saturated carbocycles.